The molecule has 1 N–H and O–H groups in total. The minimum Gasteiger partial charge on any atom is -0.503 e. The number of pyridine rings is 1. The van der Waals surface area contributed by atoms with E-state index in [2.05, 4.69) is 11.8 Å². The maximum absolute atomic E-state index is 11.8. The van der Waals surface area contributed by atoms with Crippen molar-refractivity contribution < 1.29 is 9.84 Å². The Bertz CT molecular complexity index is 564. The van der Waals surface area contributed by atoms with E-state index in [4.69, 9.17) is 4.74 Å². The van der Waals surface area contributed by atoms with E-state index in [0.29, 0.717) is 12.6 Å². The highest BCUT2D eigenvalue weighted by molar-refractivity contribution is 5.20. The van der Waals surface area contributed by atoms with Gasteiger partial charge < -0.3 is 14.4 Å². The molecule has 5 heteroatoms. The van der Waals surface area contributed by atoms with Crippen LogP contribution in [0.2, 0.25) is 0 Å². The number of ether oxygens (including phenoxy) is 1. The molecule has 0 aliphatic carbocycles. The third-order valence-corrected chi connectivity index (χ3v) is 4.93. The number of nitrogens with zero attached hydrogens (tertiary/aromatic N) is 2. The molecule has 3 heterocycles. The molecule has 2 unspecified atom stereocenters. The highest BCUT2D eigenvalue weighted by atomic mass is 16.5. The second-order valence-electron chi connectivity index (χ2n) is 6.62. The molecule has 1 aromatic heterocycles. The second-order valence-corrected chi connectivity index (χ2v) is 6.62. The van der Waals surface area contributed by atoms with E-state index in [0.717, 1.165) is 38.2 Å². The molecule has 2 atom stereocenters. The van der Waals surface area contributed by atoms with E-state index in [1.54, 1.807) is 12.3 Å². The van der Waals surface area contributed by atoms with Crippen LogP contribution in [0.1, 0.15) is 44.7 Å². The summed E-state index contributed by atoms with van der Waals surface area (Å²) < 4.78 is 7.71. The summed E-state index contributed by atoms with van der Waals surface area (Å²) in [4.78, 5) is 14.3. The van der Waals surface area contributed by atoms with E-state index >= 15 is 0 Å². The van der Waals surface area contributed by atoms with Crippen molar-refractivity contribution >= 4 is 0 Å². The Kier molecular flexibility index (Phi) is 4.84. The predicted octanol–water partition coefficient (Wildman–Crippen LogP) is 2.11. The van der Waals surface area contributed by atoms with Gasteiger partial charge in [-0.05, 0) is 39.2 Å². The smallest absolute Gasteiger partial charge is 0.223 e. The molecular weight excluding hydrogens is 280 g/mol. The molecule has 5 nitrogen and oxygen atoms in total. The monoisotopic (exact) mass is 306 g/mol. The first kappa shape index (κ1) is 15.6. The maximum atomic E-state index is 11.8. The van der Waals surface area contributed by atoms with Gasteiger partial charge >= 0.3 is 0 Å². The standard InChI is InChI=1S/C17H26N2O3/c1-13-5-2-3-7-18(13)10-14-9-16(20)17(21)12-19(14)11-15-6-4-8-22-15/h9,12-13,15,21H,2-8,10-11H2,1H3. The van der Waals surface area contributed by atoms with E-state index < -0.39 is 0 Å². The van der Waals surface area contributed by atoms with Crippen LogP contribution in [0.4, 0.5) is 0 Å². The van der Waals surface area contributed by atoms with E-state index in [1.807, 2.05) is 4.57 Å². The fraction of sp³-hybridized carbons (Fsp3) is 0.706. The Morgan fingerprint density at radius 3 is 2.91 bits per heavy atom. The lowest BCUT2D eigenvalue weighted by Crippen LogP contribution is -2.38. The average molecular weight is 306 g/mol. The number of hydrogen-bond donors (Lipinski definition) is 1. The van der Waals surface area contributed by atoms with Gasteiger partial charge in [0.25, 0.3) is 0 Å². The van der Waals surface area contributed by atoms with E-state index in [-0.39, 0.29) is 17.3 Å². The van der Waals surface area contributed by atoms with Gasteiger partial charge in [-0.15, -0.1) is 0 Å². The molecule has 2 saturated heterocycles. The Hall–Kier alpha value is -1.33. The van der Waals surface area contributed by atoms with Crippen molar-refractivity contribution in [2.45, 2.75) is 64.3 Å². The largest absolute Gasteiger partial charge is 0.503 e. The Morgan fingerprint density at radius 2 is 2.18 bits per heavy atom. The molecule has 2 fully saturated rings. The number of likely N-dealkylation sites (tertiary alicyclic amines) is 1. The lowest BCUT2D eigenvalue weighted by Gasteiger charge is -2.34. The van der Waals surface area contributed by atoms with E-state index in [1.165, 1.54) is 19.3 Å². The van der Waals surface area contributed by atoms with Gasteiger partial charge in [-0.25, -0.2) is 0 Å². The van der Waals surface area contributed by atoms with Crippen LogP contribution in [0, 0.1) is 0 Å². The van der Waals surface area contributed by atoms with Crippen molar-refractivity contribution in [3.8, 4) is 5.75 Å². The van der Waals surface area contributed by atoms with Crippen molar-refractivity contribution in [3.05, 3.63) is 28.2 Å². The number of rotatable bonds is 4. The lowest BCUT2D eigenvalue weighted by atomic mass is 10.0. The molecule has 3 rings (SSSR count). The molecule has 122 valence electrons. The summed E-state index contributed by atoms with van der Waals surface area (Å²) in [6.07, 6.45) is 7.64. The molecule has 2 aliphatic rings. The number of hydrogen-bond acceptors (Lipinski definition) is 4. The SMILES string of the molecule is CC1CCCCN1Cc1cc(=O)c(O)cn1CC1CCCO1. The second kappa shape index (κ2) is 6.84. The van der Waals surface area contributed by atoms with Crippen LogP contribution >= 0.6 is 0 Å². The summed E-state index contributed by atoms with van der Waals surface area (Å²) in [6.45, 7) is 5.63. The summed E-state index contributed by atoms with van der Waals surface area (Å²) in [5.41, 5.74) is 0.690. The van der Waals surface area contributed by atoms with Gasteiger partial charge in [0.2, 0.25) is 5.43 Å². The molecule has 0 saturated carbocycles. The minimum absolute atomic E-state index is 0.173. The molecule has 22 heavy (non-hydrogen) atoms. The van der Waals surface area contributed by atoms with Crippen LogP contribution in [0.3, 0.4) is 0 Å². The first-order chi connectivity index (χ1) is 10.6. The lowest BCUT2D eigenvalue weighted by molar-refractivity contribution is 0.0936. The van der Waals surface area contributed by atoms with Gasteiger partial charge in [0, 0.05) is 37.5 Å². The Balaban J connectivity index is 1.80. The highest BCUT2D eigenvalue weighted by Gasteiger charge is 2.22. The molecule has 0 radical (unpaired) electrons. The van der Waals surface area contributed by atoms with Crippen molar-refractivity contribution in [3.63, 3.8) is 0 Å². The zero-order valence-corrected chi connectivity index (χ0v) is 13.3. The summed E-state index contributed by atoms with van der Waals surface area (Å²) in [6, 6.07) is 2.14. The van der Waals surface area contributed by atoms with Gasteiger partial charge in [0.05, 0.1) is 12.3 Å². The quantitative estimate of drug-likeness (QED) is 0.925. The van der Waals surface area contributed by atoms with Crippen LogP contribution in [0.15, 0.2) is 17.1 Å². The number of aromatic nitrogens is 1. The molecule has 0 amide bonds. The molecule has 1 aromatic rings. The first-order valence-corrected chi connectivity index (χ1v) is 8.41. The van der Waals surface area contributed by atoms with Gasteiger partial charge in [0.1, 0.15) is 0 Å². The van der Waals surface area contributed by atoms with Crippen molar-refractivity contribution in [2.24, 2.45) is 0 Å². The van der Waals surface area contributed by atoms with Crippen LogP contribution in [-0.4, -0.2) is 39.9 Å². The first-order valence-electron chi connectivity index (χ1n) is 8.41. The van der Waals surface area contributed by atoms with Crippen LogP contribution in [0.25, 0.3) is 0 Å². The van der Waals surface area contributed by atoms with Crippen molar-refractivity contribution in [1.29, 1.82) is 0 Å². The normalized spacial score (nSPS) is 26.4. The highest BCUT2D eigenvalue weighted by Crippen LogP contribution is 2.21. The Labute approximate surface area is 131 Å². The van der Waals surface area contributed by atoms with Gasteiger partial charge in [-0.2, -0.15) is 0 Å². The summed E-state index contributed by atoms with van der Waals surface area (Å²) in [5, 5.41) is 9.77. The van der Waals surface area contributed by atoms with Gasteiger partial charge in [-0.1, -0.05) is 6.42 Å². The van der Waals surface area contributed by atoms with Crippen molar-refractivity contribution in [2.75, 3.05) is 13.2 Å². The van der Waals surface area contributed by atoms with Crippen LogP contribution < -0.4 is 5.43 Å². The predicted molar refractivity (Wildman–Crippen MR) is 85.1 cm³/mol. The summed E-state index contributed by atoms with van der Waals surface area (Å²) in [5.74, 6) is -0.173. The molecule has 0 aromatic carbocycles. The third-order valence-electron chi connectivity index (χ3n) is 4.93. The maximum Gasteiger partial charge on any atom is 0.223 e. The molecule has 2 aliphatic heterocycles. The number of aromatic hydroxyl groups is 1. The van der Waals surface area contributed by atoms with Crippen LogP contribution in [-0.2, 0) is 17.8 Å². The molecule has 0 spiro atoms. The summed E-state index contributed by atoms with van der Waals surface area (Å²) in [7, 11) is 0. The minimum atomic E-state index is -0.289. The zero-order chi connectivity index (χ0) is 15.5. The van der Waals surface area contributed by atoms with Crippen molar-refractivity contribution in [1.82, 2.24) is 9.47 Å². The fourth-order valence-corrected chi connectivity index (χ4v) is 3.52. The molecule has 0 bridgehead atoms. The zero-order valence-electron chi connectivity index (χ0n) is 13.3. The fourth-order valence-electron chi connectivity index (χ4n) is 3.52. The Morgan fingerprint density at radius 1 is 1.32 bits per heavy atom. The van der Waals surface area contributed by atoms with Gasteiger partial charge in [0.15, 0.2) is 5.75 Å². The van der Waals surface area contributed by atoms with E-state index in [9.17, 15) is 9.90 Å². The topological polar surface area (TPSA) is 54.7 Å². The third kappa shape index (κ3) is 3.52. The average Bonchev–Trinajstić information content (AvgIpc) is 2.99. The van der Waals surface area contributed by atoms with Gasteiger partial charge in [-0.3, -0.25) is 9.69 Å². The molecular formula is C17H26N2O3. The number of piperidine rings is 1. The summed E-state index contributed by atoms with van der Waals surface area (Å²) >= 11 is 0. The van der Waals surface area contributed by atoms with Crippen LogP contribution in [0.5, 0.6) is 5.75 Å².